The SMILES string of the molecule is CC(C)n1c(=O)[nH]c2c[nH]c(=O)nc21. The van der Waals surface area contributed by atoms with Crippen molar-refractivity contribution in [2.24, 2.45) is 0 Å². The number of rotatable bonds is 1. The fourth-order valence-electron chi connectivity index (χ4n) is 1.41. The van der Waals surface area contributed by atoms with Crippen molar-refractivity contribution in [3.05, 3.63) is 27.2 Å². The Hall–Kier alpha value is -1.85. The van der Waals surface area contributed by atoms with Crippen LogP contribution in [0.4, 0.5) is 0 Å². The Balaban J connectivity index is 2.93. The largest absolute Gasteiger partial charge is 0.347 e. The molecule has 0 aromatic carbocycles. The lowest BCUT2D eigenvalue weighted by Crippen LogP contribution is -2.20. The summed E-state index contributed by atoms with van der Waals surface area (Å²) in [5, 5.41) is 0. The summed E-state index contributed by atoms with van der Waals surface area (Å²) in [6, 6.07) is -0.0226. The molecule has 0 atom stereocenters. The molecule has 2 heterocycles. The third kappa shape index (κ3) is 1.15. The zero-order valence-corrected chi connectivity index (χ0v) is 7.87. The third-order valence-corrected chi connectivity index (χ3v) is 1.99. The highest BCUT2D eigenvalue weighted by Crippen LogP contribution is 2.08. The quantitative estimate of drug-likeness (QED) is 0.669. The van der Waals surface area contributed by atoms with E-state index in [1.165, 1.54) is 10.8 Å². The maximum atomic E-state index is 11.4. The van der Waals surface area contributed by atoms with Gasteiger partial charge in [-0.25, -0.2) is 9.59 Å². The van der Waals surface area contributed by atoms with E-state index in [1.54, 1.807) is 0 Å². The van der Waals surface area contributed by atoms with Crippen molar-refractivity contribution >= 4 is 11.2 Å². The molecule has 0 aliphatic heterocycles. The first kappa shape index (κ1) is 8.74. The summed E-state index contributed by atoms with van der Waals surface area (Å²) < 4.78 is 1.45. The lowest BCUT2D eigenvalue weighted by atomic mass is 10.4. The van der Waals surface area contributed by atoms with Gasteiger partial charge in [0.25, 0.3) is 0 Å². The van der Waals surface area contributed by atoms with Crippen LogP contribution in [-0.4, -0.2) is 19.5 Å². The van der Waals surface area contributed by atoms with E-state index in [1.807, 2.05) is 13.8 Å². The minimum absolute atomic E-state index is 0.0226. The number of aromatic amines is 2. The number of fused-ring (bicyclic) bond motifs is 1. The summed E-state index contributed by atoms with van der Waals surface area (Å²) in [4.78, 5) is 31.2. The highest BCUT2D eigenvalue weighted by atomic mass is 16.2. The van der Waals surface area contributed by atoms with Crippen LogP contribution in [0.25, 0.3) is 11.2 Å². The van der Waals surface area contributed by atoms with Crippen molar-refractivity contribution in [1.29, 1.82) is 0 Å². The van der Waals surface area contributed by atoms with Gasteiger partial charge in [0, 0.05) is 12.2 Å². The van der Waals surface area contributed by atoms with Crippen LogP contribution in [0.1, 0.15) is 19.9 Å². The molecule has 0 fully saturated rings. The molecule has 0 saturated carbocycles. The summed E-state index contributed by atoms with van der Waals surface area (Å²) in [6.07, 6.45) is 1.45. The van der Waals surface area contributed by atoms with E-state index in [4.69, 9.17) is 0 Å². The number of hydrogen-bond acceptors (Lipinski definition) is 3. The van der Waals surface area contributed by atoms with E-state index in [-0.39, 0.29) is 11.7 Å². The summed E-state index contributed by atoms with van der Waals surface area (Å²) in [5.74, 6) is 0. The Morgan fingerprint density at radius 2 is 2.14 bits per heavy atom. The van der Waals surface area contributed by atoms with Gasteiger partial charge in [0.1, 0.15) is 5.52 Å². The summed E-state index contributed by atoms with van der Waals surface area (Å²) in [6.45, 7) is 3.72. The molecule has 2 N–H and O–H groups in total. The second-order valence-electron chi connectivity index (χ2n) is 3.34. The molecule has 2 rings (SSSR count). The zero-order valence-electron chi connectivity index (χ0n) is 7.87. The van der Waals surface area contributed by atoms with Gasteiger partial charge in [-0.3, -0.25) is 4.57 Å². The van der Waals surface area contributed by atoms with Gasteiger partial charge in [-0.1, -0.05) is 0 Å². The summed E-state index contributed by atoms with van der Waals surface area (Å²) >= 11 is 0. The van der Waals surface area contributed by atoms with Gasteiger partial charge < -0.3 is 9.97 Å². The standard InChI is InChI=1S/C8H10N4O2/c1-4(2)12-6-5(10-8(12)14)3-9-7(13)11-6/h3-4H,1-2H3,(H,10,14)(H,9,11,13). The van der Waals surface area contributed by atoms with Crippen molar-refractivity contribution in [1.82, 2.24) is 19.5 Å². The predicted octanol–water partition coefficient (Wildman–Crippen LogP) is -0.00620. The third-order valence-electron chi connectivity index (χ3n) is 1.99. The Bertz CT molecular complexity index is 575. The smallest absolute Gasteiger partial charge is 0.310 e. The van der Waals surface area contributed by atoms with Gasteiger partial charge in [-0.2, -0.15) is 4.98 Å². The van der Waals surface area contributed by atoms with E-state index >= 15 is 0 Å². The van der Waals surface area contributed by atoms with E-state index < -0.39 is 5.69 Å². The Morgan fingerprint density at radius 1 is 1.43 bits per heavy atom. The average Bonchev–Trinajstić information content (AvgIpc) is 2.40. The molecule has 0 aliphatic carbocycles. The van der Waals surface area contributed by atoms with Crippen molar-refractivity contribution < 1.29 is 0 Å². The van der Waals surface area contributed by atoms with Crippen LogP contribution in [0, 0.1) is 0 Å². The Kier molecular flexibility index (Phi) is 1.77. The highest BCUT2D eigenvalue weighted by Gasteiger charge is 2.10. The first-order valence-corrected chi connectivity index (χ1v) is 4.29. The first-order chi connectivity index (χ1) is 6.59. The highest BCUT2D eigenvalue weighted by molar-refractivity contribution is 5.68. The minimum atomic E-state index is -0.453. The molecule has 74 valence electrons. The van der Waals surface area contributed by atoms with E-state index in [2.05, 4.69) is 15.0 Å². The summed E-state index contributed by atoms with van der Waals surface area (Å²) in [5.41, 5.74) is 0.240. The molecule has 0 bridgehead atoms. The van der Waals surface area contributed by atoms with Crippen LogP contribution in [0.15, 0.2) is 15.8 Å². The normalized spacial score (nSPS) is 11.4. The average molecular weight is 194 g/mol. The summed E-state index contributed by atoms with van der Waals surface area (Å²) in [7, 11) is 0. The number of imidazole rings is 1. The van der Waals surface area contributed by atoms with Gasteiger partial charge in [0.05, 0.1) is 0 Å². The first-order valence-electron chi connectivity index (χ1n) is 4.29. The van der Waals surface area contributed by atoms with Crippen molar-refractivity contribution in [3.63, 3.8) is 0 Å². The van der Waals surface area contributed by atoms with E-state index in [9.17, 15) is 9.59 Å². The molecule has 6 nitrogen and oxygen atoms in total. The number of aromatic nitrogens is 4. The fraction of sp³-hybridized carbons (Fsp3) is 0.375. The molecular weight excluding hydrogens is 184 g/mol. The molecule has 0 unspecified atom stereocenters. The van der Waals surface area contributed by atoms with Gasteiger partial charge in [-0.05, 0) is 13.8 Å². The molecule has 0 aliphatic rings. The minimum Gasteiger partial charge on any atom is -0.310 e. The van der Waals surface area contributed by atoms with Gasteiger partial charge in [-0.15, -0.1) is 0 Å². The molecule has 0 amide bonds. The fourth-order valence-corrected chi connectivity index (χ4v) is 1.41. The molecule has 2 aromatic heterocycles. The molecule has 14 heavy (non-hydrogen) atoms. The van der Waals surface area contributed by atoms with E-state index in [0.717, 1.165) is 0 Å². The van der Waals surface area contributed by atoms with Crippen LogP contribution in [-0.2, 0) is 0 Å². The molecule has 0 spiro atoms. The topological polar surface area (TPSA) is 83.5 Å². The molecule has 0 saturated heterocycles. The Labute approximate surface area is 78.6 Å². The maximum absolute atomic E-state index is 11.4. The van der Waals surface area contributed by atoms with Crippen LogP contribution in [0.3, 0.4) is 0 Å². The monoisotopic (exact) mass is 194 g/mol. The van der Waals surface area contributed by atoms with Gasteiger partial charge in [0.15, 0.2) is 5.65 Å². The van der Waals surface area contributed by atoms with Crippen molar-refractivity contribution in [3.8, 4) is 0 Å². The van der Waals surface area contributed by atoms with Crippen molar-refractivity contribution in [2.45, 2.75) is 19.9 Å². The van der Waals surface area contributed by atoms with Crippen LogP contribution in [0.5, 0.6) is 0 Å². The van der Waals surface area contributed by atoms with Crippen LogP contribution >= 0.6 is 0 Å². The second kappa shape index (κ2) is 2.83. The van der Waals surface area contributed by atoms with E-state index in [0.29, 0.717) is 11.2 Å². The molecular formula is C8H10N4O2. The number of hydrogen-bond donors (Lipinski definition) is 2. The predicted molar refractivity (Wildman–Crippen MR) is 51.4 cm³/mol. The second-order valence-corrected chi connectivity index (χ2v) is 3.34. The zero-order chi connectivity index (χ0) is 10.3. The van der Waals surface area contributed by atoms with Crippen LogP contribution in [0.2, 0.25) is 0 Å². The van der Waals surface area contributed by atoms with Gasteiger partial charge >= 0.3 is 11.4 Å². The number of nitrogens with zero attached hydrogens (tertiary/aromatic N) is 2. The molecule has 0 radical (unpaired) electrons. The van der Waals surface area contributed by atoms with Crippen molar-refractivity contribution in [2.75, 3.05) is 0 Å². The Morgan fingerprint density at radius 3 is 2.79 bits per heavy atom. The lowest BCUT2D eigenvalue weighted by molar-refractivity contribution is 0.592. The molecule has 2 aromatic rings. The lowest BCUT2D eigenvalue weighted by Gasteiger charge is -2.04. The number of nitrogens with one attached hydrogen (secondary N) is 2. The van der Waals surface area contributed by atoms with Crippen LogP contribution < -0.4 is 11.4 Å². The van der Waals surface area contributed by atoms with Gasteiger partial charge in [0.2, 0.25) is 0 Å². The number of H-pyrrole nitrogens is 2. The maximum Gasteiger partial charge on any atom is 0.347 e. The molecule has 6 heteroatoms.